The third-order valence-electron chi connectivity index (χ3n) is 5.05. The summed E-state index contributed by atoms with van der Waals surface area (Å²) in [5.41, 5.74) is 2.18. The summed E-state index contributed by atoms with van der Waals surface area (Å²) >= 11 is 7.64. The molecule has 0 fully saturated rings. The third kappa shape index (κ3) is 8.96. The summed E-state index contributed by atoms with van der Waals surface area (Å²) in [5, 5.41) is 3.68. The molecule has 2 rings (SSSR count). The molecule has 0 spiro atoms. The second kappa shape index (κ2) is 13.4. The lowest BCUT2D eigenvalue weighted by molar-refractivity contribution is -0.140. The second-order valence-electron chi connectivity index (χ2n) is 7.74. The summed E-state index contributed by atoms with van der Waals surface area (Å²) in [6.45, 7) is 7.02. The number of aryl methyl sites for hydroxylation is 1. The van der Waals surface area contributed by atoms with Crippen molar-refractivity contribution in [1.29, 1.82) is 0 Å². The maximum atomic E-state index is 13.1. The van der Waals surface area contributed by atoms with Gasteiger partial charge in [0.05, 0.1) is 0 Å². The van der Waals surface area contributed by atoms with Crippen molar-refractivity contribution in [2.24, 2.45) is 0 Å². The Morgan fingerprint density at radius 2 is 1.87 bits per heavy atom. The first kappa shape index (κ1) is 25.3. The Morgan fingerprint density at radius 3 is 2.55 bits per heavy atom. The lowest BCUT2D eigenvalue weighted by atomic mass is 10.1. The van der Waals surface area contributed by atoms with Crippen LogP contribution < -0.4 is 5.32 Å². The van der Waals surface area contributed by atoms with E-state index in [9.17, 15) is 9.59 Å². The number of carbonyl (C=O) groups excluding carboxylic acids is 2. The van der Waals surface area contributed by atoms with E-state index in [1.165, 1.54) is 0 Å². The van der Waals surface area contributed by atoms with E-state index in [1.54, 1.807) is 16.7 Å². The zero-order valence-electron chi connectivity index (χ0n) is 18.7. The van der Waals surface area contributed by atoms with Gasteiger partial charge in [0, 0.05) is 29.4 Å². The van der Waals surface area contributed by atoms with Gasteiger partial charge in [0.25, 0.3) is 0 Å². The Kier molecular flexibility index (Phi) is 11.0. The highest BCUT2D eigenvalue weighted by atomic mass is 35.5. The molecule has 0 saturated carbocycles. The molecule has 31 heavy (non-hydrogen) atoms. The molecule has 0 aliphatic heterocycles. The van der Waals surface area contributed by atoms with Crippen LogP contribution in [0.5, 0.6) is 0 Å². The molecule has 6 heteroatoms. The summed E-state index contributed by atoms with van der Waals surface area (Å²) in [6.07, 6.45) is 3.12. The van der Waals surface area contributed by atoms with Crippen LogP contribution in [0.15, 0.2) is 53.4 Å². The highest BCUT2D eigenvalue weighted by Gasteiger charge is 2.25. The van der Waals surface area contributed by atoms with Crippen molar-refractivity contribution in [2.75, 3.05) is 12.3 Å². The predicted octanol–water partition coefficient (Wildman–Crippen LogP) is 5.85. The number of rotatable bonds is 12. The molecular weight excluding hydrogens is 428 g/mol. The predicted molar refractivity (Wildman–Crippen MR) is 131 cm³/mol. The van der Waals surface area contributed by atoms with Gasteiger partial charge >= 0.3 is 0 Å². The van der Waals surface area contributed by atoms with Gasteiger partial charge in [-0.1, -0.05) is 54.8 Å². The molecule has 0 radical (unpaired) electrons. The number of unbranched alkanes of at least 4 members (excludes halogenated alkanes) is 1. The van der Waals surface area contributed by atoms with Gasteiger partial charge in [-0.3, -0.25) is 9.59 Å². The number of nitrogens with one attached hydrogen (secondary N) is 1. The van der Waals surface area contributed by atoms with Gasteiger partial charge < -0.3 is 10.2 Å². The molecule has 2 aromatic carbocycles. The van der Waals surface area contributed by atoms with Gasteiger partial charge in [-0.15, -0.1) is 11.8 Å². The van der Waals surface area contributed by atoms with Crippen molar-refractivity contribution in [3.63, 3.8) is 0 Å². The van der Waals surface area contributed by atoms with Gasteiger partial charge in [0.15, 0.2) is 0 Å². The zero-order chi connectivity index (χ0) is 22.6. The van der Waals surface area contributed by atoms with E-state index >= 15 is 0 Å². The van der Waals surface area contributed by atoms with Crippen molar-refractivity contribution >= 4 is 35.2 Å². The smallest absolute Gasteiger partial charge is 0.242 e. The fourth-order valence-corrected chi connectivity index (χ4v) is 4.19. The molecule has 2 aromatic rings. The van der Waals surface area contributed by atoms with Gasteiger partial charge in [-0.25, -0.2) is 0 Å². The minimum absolute atomic E-state index is 0.0105. The van der Waals surface area contributed by atoms with E-state index < -0.39 is 6.04 Å². The molecule has 0 bridgehead atoms. The van der Waals surface area contributed by atoms with Crippen molar-refractivity contribution in [3.05, 3.63) is 64.7 Å². The Bertz CT molecular complexity index is 842. The lowest BCUT2D eigenvalue weighted by Gasteiger charge is -2.29. The molecule has 0 aliphatic carbocycles. The summed E-state index contributed by atoms with van der Waals surface area (Å²) in [6, 6.07) is 15.3. The standard InChI is InChI=1S/C25H33ClN2O2S/c1-4-5-15-27-25(30)20(3)28(18-21-9-6-8-19(2)17-21)24(29)10-7-16-31-23-13-11-22(26)12-14-23/h6,8-9,11-14,17,20H,4-5,7,10,15-16,18H2,1-3H3,(H,27,30)/t20-/m0/s1. The van der Waals surface area contributed by atoms with E-state index in [4.69, 9.17) is 11.6 Å². The van der Waals surface area contributed by atoms with Gasteiger partial charge in [0.1, 0.15) is 6.04 Å². The fraction of sp³-hybridized carbons (Fsp3) is 0.440. The molecule has 0 aliphatic rings. The second-order valence-corrected chi connectivity index (χ2v) is 9.34. The van der Waals surface area contributed by atoms with Crippen molar-refractivity contribution in [3.8, 4) is 0 Å². The van der Waals surface area contributed by atoms with E-state index in [0.717, 1.165) is 46.1 Å². The number of thioether (sulfide) groups is 1. The van der Waals surface area contributed by atoms with Crippen molar-refractivity contribution in [1.82, 2.24) is 10.2 Å². The molecule has 2 amide bonds. The molecule has 168 valence electrons. The monoisotopic (exact) mass is 460 g/mol. The first-order chi connectivity index (χ1) is 14.9. The van der Waals surface area contributed by atoms with Crippen LogP contribution >= 0.6 is 23.4 Å². The number of benzene rings is 2. The summed E-state index contributed by atoms with van der Waals surface area (Å²) in [5.74, 6) is 0.754. The SMILES string of the molecule is CCCCNC(=O)[C@H](C)N(Cc1cccc(C)c1)C(=O)CCCSc1ccc(Cl)cc1. The summed E-state index contributed by atoms with van der Waals surface area (Å²) < 4.78 is 0. The van der Waals surface area contributed by atoms with Gasteiger partial charge in [-0.05, 0) is 62.3 Å². The minimum Gasteiger partial charge on any atom is -0.354 e. The van der Waals surface area contributed by atoms with E-state index in [2.05, 4.69) is 18.3 Å². The molecule has 0 unspecified atom stereocenters. The largest absolute Gasteiger partial charge is 0.354 e. The molecular formula is C25H33ClN2O2S. The van der Waals surface area contributed by atoms with Gasteiger partial charge in [0.2, 0.25) is 11.8 Å². The van der Waals surface area contributed by atoms with Crippen LogP contribution in [0.2, 0.25) is 5.02 Å². The van der Waals surface area contributed by atoms with Crippen molar-refractivity contribution < 1.29 is 9.59 Å². The Hall–Kier alpha value is -1.98. The minimum atomic E-state index is -0.506. The number of hydrogen-bond acceptors (Lipinski definition) is 3. The summed E-state index contributed by atoms with van der Waals surface area (Å²) in [4.78, 5) is 28.6. The van der Waals surface area contributed by atoms with Gasteiger partial charge in [-0.2, -0.15) is 0 Å². The average molecular weight is 461 g/mol. The molecule has 0 saturated heterocycles. The van der Waals surface area contributed by atoms with Crippen LogP contribution in [-0.4, -0.2) is 35.1 Å². The van der Waals surface area contributed by atoms with Crippen molar-refractivity contribution in [2.45, 2.75) is 63.9 Å². The van der Waals surface area contributed by atoms with Crippen LogP contribution in [0.3, 0.4) is 0 Å². The average Bonchev–Trinajstić information content (AvgIpc) is 2.76. The normalized spacial score (nSPS) is 11.7. The molecule has 1 atom stereocenters. The number of halogens is 1. The first-order valence-corrected chi connectivity index (χ1v) is 12.3. The lowest BCUT2D eigenvalue weighted by Crippen LogP contribution is -2.47. The maximum absolute atomic E-state index is 13.1. The van der Waals surface area contributed by atoms with Crippen LogP contribution in [0.4, 0.5) is 0 Å². The highest BCUT2D eigenvalue weighted by molar-refractivity contribution is 7.99. The van der Waals surface area contributed by atoms with Crippen LogP contribution in [0, 0.1) is 6.92 Å². The fourth-order valence-electron chi connectivity index (χ4n) is 3.21. The number of carbonyl (C=O) groups is 2. The van der Waals surface area contributed by atoms with Crippen LogP contribution in [0.25, 0.3) is 0 Å². The zero-order valence-corrected chi connectivity index (χ0v) is 20.3. The highest BCUT2D eigenvalue weighted by Crippen LogP contribution is 2.22. The van der Waals surface area contributed by atoms with E-state index in [1.807, 2.05) is 56.3 Å². The third-order valence-corrected chi connectivity index (χ3v) is 6.40. The number of amides is 2. The molecule has 1 N–H and O–H groups in total. The number of nitrogens with zero attached hydrogens (tertiary/aromatic N) is 1. The van der Waals surface area contributed by atoms with E-state index in [-0.39, 0.29) is 11.8 Å². The molecule has 4 nitrogen and oxygen atoms in total. The quantitative estimate of drug-likeness (QED) is 0.319. The molecule has 0 heterocycles. The van der Waals surface area contributed by atoms with Crippen LogP contribution in [-0.2, 0) is 16.1 Å². The first-order valence-electron chi connectivity index (χ1n) is 10.9. The Labute approximate surface area is 195 Å². The number of hydrogen-bond donors (Lipinski definition) is 1. The maximum Gasteiger partial charge on any atom is 0.242 e. The Morgan fingerprint density at radius 1 is 1.13 bits per heavy atom. The molecule has 0 aromatic heterocycles. The topological polar surface area (TPSA) is 49.4 Å². The van der Waals surface area contributed by atoms with E-state index in [0.29, 0.717) is 19.5 Å². The summed E-state index contributed by atoms with van der Waals surface area (Å²) in [7, 11) is 0. The Balaban J connectivity index is 1.97. The van der Waals surface area contributed by atoms with Crippen LogP contribution in [0.1, 0.15) is 50.7 Å².